The molecule has 2 fully saturated rings. The average Bonchev–Trinajstić information content (AvgIpc) is 3.28. The van der Waals surface area contributed by atoms with E-state index in [9.17, 15) is 9.59 Å². The van der Waals surface area contributed by atoms with E-state index < -0.39 is 0 Å². The second-order valence-electron chi connectivity index (χ2n) is 6.47. The van der Waals surface area contributed by atoms with Gasteiger partial charge in [-0.2, -0.15) is 0 Å². The standard InChI is InChI=1S/C18H25N3O3/c1-13-6-4-8-15(17(22)21-9-2-3-10-21)16(13)20-18(23)19-12-14-7-5-11-24-14/h4,6,8,14H,2-3,5,7,9-12H2,1H3,(H2,19,20,23). The molecule has 0 bridgehead atoms. The van der Waals surface area contributed by atoms with Gasteiger partial charge in [0.2, 0.25) is 0 Å². The quantitative estimate of drug-likeness (QED) is 0.891. The van der Waals surface area contributed by atoms with Crippen molar-refractivity contribution in [2.24, 2.45) is 0 Å². The first-order valence-electron chi connectivity index (χ1n) is 8.70. The van der Waals surface area contributed by atoms with Gasteiger partial charge in [0.15, 0.2) is 0 Å². The number of benzene rings is 1. The van der Waals surface area contributed by atoms with Crippen LogP contribution in [0.1, 0.15) is 41.6 Å². The van der Waals surface area contributed by atoms with E-state index in [0.29, 0.717) is 17.8 Å². The Kier molecular flexibility index (Phi) is 5.35. The number of para-hydroxylation sites is 1. The molecular formula is C18H25N3O3. The van der Waals surface area contributed by atoms with Crippen LogP contribution in [0.2, 0.25) is 0 Å². The van der Waals surface area contributed by atoms with Crippen molar-refractivity contribution in [3.8, 4) is 0 Å². The van der Waals surface area contributed by atoms with Crippen molar-refractivity contribution in [1.29, 1.82) is 0 Å². The maximum Gasteiger partial charge on any atom is 0.319 e. The first-order valence-corrected chi connectivity index (χ1v) is 8.70. The zero-order valence-corrected chi connectivity index (χ0v) is 14.1. The molecule has 1 aromatic rings. The van der Waals surface area contributed by atoms with Crippen LogP contribution in [0.25, 0.3) is 0 Å². The minimum Gasteiger partial charge on any atom is -0.376 e. The van der Waals surface area contributed by atoms with Crippen molar-refractivity contribution in [2.75, 3.05) is 31.6 Å². The molecule has 0 saturated carbocycles. The van der Waals surface area contributed by atoms with Crippen LogP contribution in [-0.4, -0.2) is 49.2 Å². The number of anilines is 1. The molecule has 2 saturated heterocycles. The minimum atomic E-state index is -0.296. The highest BCUT2D eigenvalue weighted by Crippen LogP contribution is 2.24. The van der Waals surface area contributed by atoms with E-state index in [1.807, 2.05) is 24.0 Å². The van der Waals surface area contributed by atoms with E-state index in [1.165, 1.54) is 0 Å². The van der Waals surface area contributed by atoms with E-state index >= 15 is 0 Å². The third-order valence-corrected chi connectivity index (χ3v) is 4.65. The summed E-state index contributed by atoms with van der Waals surface area (Å²) >= 11 is 0. The van der Waals surface area contributed by atoms with Crippen LogP contribution >= 0.6 is 0 Å². The molecule has 2 heterocycles. The molecule has 130 valence electrons. The Morgan fingerprint density at radius 3 is 2.75 bits per heavy atom. The summed E-state index contributed by atoms with van der Waals surface area (Å²) in [6, 6.07) is 5.24. The average molecular weight is 331 g/mol. The van der Waals surface area contributed by atoms with Gasteiger partial charge in [0.25, 0.3) is 5.91 Å². The number of hydrogen-bond acceptors (Lipinski definition) is 3. The number of nitrogens with zero attached hydrogens (tertiary/aromatic N) is 1. The summed E-state index contributed by atoms with van der Waals surface area (Å²) < 4.78 is 5.50. The first kappa shape index (κ1) is 16.8. The summed E-state index contributed by atoms with van der Waals surface area (Å²) in [5.74, 6) is -0.00868. The Balaban J connectivity index is 1.67. The maximum atomic E-state index is 12.7. The molecule has 2 N–H and O–H groups in total. The number of carbonyl (C=O) groups excluding carboxylic acids is 2. The molecule has 2 aliphatic rings. The lowest BCUT2D eigenvalue weighted by atomic mass is 10.1. The van der Waals surface area contributed by atoms with Crippen LogP contribution in [0.5, 0.6) is 0 Å². The van der Waals surface area contributed by atoms with Gasteiger partial charge in [0, 0.05) is 26.2 Å². The number of hydrogen-bond donors (Lipinski definition) is 2. The Morgan fingerprint density at radius 2 is 2.04 bits per heavy atom. The zero-order valence-electron chi connectivity index (χ0n) is 14.1. The van der Waals surface area contributed by atoms with E-state index in [2.05, 4.69) is 10.6 Å². The fourth-order valence-corrected chi connectivity index (χ4v) is 3.27. The van der Waals surface area contributed by atoms with Crippen LogP contribution in [-0.2, 0) is 4.74 Å². The molecule has 24 heavy (non-hydrogen) atoms. The zero-order chi connectivity index (χ0) is 16.9. The SMILES string of the molecule is Cc1cccc(C(=O)N2CCCC2)c1NC(=O)NCC1CCCO1. The molecule has 3 amide bonds. The molecule has 0 aromatic heterocycles. The molecule has 1 aromatic carbocycles. The molecule has 1 unspecified atom stereocenters. The van der Waals surface area contributed by atoms with Crippen molar-refractivity contribution in [3.05, 3.63) is 29.3 Å². The van der Waals surface area contributed by atoms with Gasteiger partial charge in [-0.3, -0.25) is 4.79 Å². The number of amides is 3. The van der Waals surface area contributed by atoms with Gasteiger partial charge >= 0.3 is 6.03 Å². The topological polar surface area (TPSA) is 70.7 Å². The number of aryl methyl sites for hydroxylation is 1. The Hall–Kier alpha value is -2.08. The summed E-state index contributed by atoms with van der Waals surface area (Å²) in [4.78, 5) is 26.8. The molecule has 6 heteroatoms. The monoisotopic (exact) mass is 331 g/mol. The predicted molar refractivity (Wildman–Crippen MR) is 92.3 cm³/mol. The normalized spacial score (nSPS) is 20.2. The molecule has 2 aliphatic heterocycles. The number of carbonyl (C=O) groups is 2. The Morgan fingerprint density at radius 1 is 1.25 bits per heavy atom. The molecule has 0 aliphatic carbocycles. The molecule has 0 spiro atoms. The first-order chi connectivity index (χ1) is 11.6. The summed E-state index contributed by atoms with van der Waals surface area (Å²) in [7, 11) is 0. The molecule has 1 atom stereocenters. The lowest BCUT2D eigenvalue weighted by Gasteiger charge is -2.20. The van der Waals surface area contributed by atoms with Gasteiger partial charge in [0.05, 0.1) is 17.4 Å². The smallest absolute Gasteiger partial charge is 0.319 e. The fourth-order valence-electron chi connectivity index (χ4n) is 3.27. The third-order valence-electron chi connectivity index (χ3n) is 4.65. The second-order valence-corrected chi connectivity index (χ2v) is 6.47. The highest BCUT2D eigenvalue weighted by Gasteiger charge is 2.23. The van der Waals surface area contributed by atoms with E-state index in [0.717, 1.165) is 50.9 Å². The van der Waals surface area contributed by atoms with Crippen LogP contribution in [0.3, 0.4) is 0 Å². The fraction of sp³-hybridized carbons (Fsp3) is 0.556. The van der Waals surface area contributed by atoms with Crippen molar-refractivity contribution >= 4 is 17.6 Å². The Bertz CT molecular complexity index is 606. The maximum absolute atomic E-state index is 12.7. The Labute approximate surface area is 142 Å². The molecule has 3 rings (SSSR count). The molecular weight excluding hydrogens is 306 g/mol. The lowest BCUT2D eigenvalue weighted by Crippen LogP contribution is -2.36. The number of ether oxygens (including phenoxy) is 1. The highest BCUT2D eigenvalue weighted by molar-refractivity contribution is 6.04. The minimum absolute atomic E-state index is 0.00868. The van der Waals surface area contributed by atoms with Crippen LogP contribution in [0, 0.1) is 6.92 Å². The van der Waals surface area contributed by atoms with Crippen molar-refractivity contribution in [2.45, 2.75) is 38.7 Å². The van der Waals surface area contributed by atoms with E-state index in [1.54, 1.807) is 6.07 Å². The number of urea groups is 1. The molecule has 6 nitrogen and oxygen atoms in total. The molecule has 0 radical (unpaired) electrons. The van der Waals surface area contributed by atoms with Gasteiger partial charge in [-0.15, -0.1) is 0 Å². The summed E-state index contributed by atoms with van der Waals surface area (Å²) in [5.41, 5.74) is 2.04. The number of likely N-dealkylation sites (tertiary alicyclic amines) is 1. The van der Waals surface area contributed by atoms with Crippen LogP contribution in [0.4, 0.5) is 10.5 Å². The van der Waals surface area contributed by atoms with Crippen LogP contribution < -0.4 is 10.6 Å². The largest absolute Gasteiger partial charge is 0.376 e. The summed E-state index contributed by atoms with van der Waals surface area (Å²) in [6.07, 6.45) is 4.20. The van der Waals surface area contributed by atoms with Crippen molar-refractivity contribution < 1.29 is 14.3 Å². The van der Waals surface area contributed by atoms with Gasteiger partial charge in [-0.1, -0.05) is 12.1 Å². The van der Waals surface area contributed by atoms with Crippen molar-refractivity contribution in [3.63, 3.8) is 0 Å². The highest BCUT2D eigenvalue weighted by atomic mass is 16.5. The van der Waals surface area contributed by atoms with Gasteiger partial charge in [0.1, 0.15) is 0 Å². The van der Waals surface area contributed by atoms with E-state index in [-0.39, 0.29) is 18.0 Å². The summed E-state index contributed by atoms with van der Waals surface area (Å²) in [6.45, 7) is 4.73. The lowest BCUT2D eigenvalue weighted by molar-refractivity contribution is 0.0793. The predicted octanol–water partition coefficient (Wildman–Crippen LogP) is 2.53. The second kappa shape index (κ2) is 7.66. The number of rotatable bonds is 4. The number of nitrogens with one attached hydrogen (secondary N) is 2. The van der Waals surface area contributed by atoms with Crippen molar-refractivity contribution in [1.82, 2.24) is 10.2 Å². The van der Waals surface area contributed by atoms with Gasteiger partial charge in [-0.25, -0.2) is 4.79 Å². The van der Waals surface area contributed by atoms with E-state index in [4.69, 9.17) is 4.74 Å². The van der Waals surface area contributed by atoms with Gasteiger partial charge in [-0.05, 0) is 44.2 Å². The van der Waals surface area contributed by atoms with Crippen LogP contribution in [0.15, 0.2) is 18.2 Å². The summed E-state index contributed by atoms with van der Waals surface area (Å²) in [5, 5.41) is 5.69. The van der Waals surface area contributed by atoms with Gasteiger partial charge < -0.3 is 20.3 Å². The third kappa shape index (κ3) is 3.87.